The molecule has 0 aromatic heterocycles. The predicted octanol–water partition coefficient (Wildman–Crippen LogP) is 2.93. The van der Waals surface area contributed by atoms with Crippen molar-refractivity contribution in [3.05, 3.63) is 62.6 Å². The number of hydrogen-bond acceptors (Lipinski definition) is 6. The van der Waals surface area contributed by atoms with E-state index in [9.17, 15) is 24.8 Å². The highest BCUT2D eigenvalue weighted by Crippen LogP contribution is 2.21. The highest BCUT2D eigenvalue weighted by Gasteiger charge is 2.10. The van der Waals surface area contributed by atoms with Gasteiger partial charge in [0.15, 0.2) is 0 Å². The third-order valence-electron chi connectivity index (χ3n) is 3.30. The zero-order valence-electron chi connectivity index (χ0n) is 13.9. The molecule has 2 aromatic carbocycles. The Morgan fingerprint density at radius 2 is 1.93 bits per heavy atom. The Kier molecular flexibility index (Phi) is 7.00. The summed E-state index contributed by atoms with van der Waals surface area (Å²) in [5, 5.41) is 26.6. The third kappa shape index (κ3) is 6.51. The highest BCUT2D eigenvalue weighted by atomic mass is 79.9. The van der Waals surface area contributed by atoms with E-state index in [-0.39, 0.29) is 35.7 Å². The minimum absolute atomic E-state index is 0.0457. The van der Waals surface area contributed by atoms with E-state index in [2.05, 4.69) is 31.8 Å². The van der Waals surface area contributed by atoms with Crippen molar-refractivity contribution in [2.75, 3.05) is 5.32 Å². The first-order chi connectivity index (χ1) is 12.8. The summed E-state index contributed by atoms with van der Waals surface area (Å²) in [6, 6.07) is 10.5. The molecule has 2 amide bonds. The number of hydrazone groups is 1. The van der Waals surface area contributed by atoms with Gasteiger partial charge in [0, 0.05) is 40.7 Å². The first-order valence-corrected chi connectivity index (χ1v) is 8.49. The predicted molar refractivity (Wildman–Crippen MR) is 103 cm³/mol. The van der Waals surface area contributed by atoms with Crippen molar-refractivity contribution < 1.29 is 19.6 Å². The van der Waals surface area contributed by atoms with Crippen molar-refractivity contribution in [2.45, 2.75) is 12.8 Å². The molecular weight excluding hydrogens is 420 g/mol. The number of anilines is 1. The van der Waals surface area contributed by atoms with Crippen LogP contribution in [0.15, 0.2) is 52.0 Å². The van der Waals surface area contributed by atoms with Gasteiger partial charge in [0.2, 0.25) is 11.8 Å². The summed E-state index contributed by atoms with van der Waals surface area (Å²) in [5.74, 6) is -1.06. The summed E-state index contributed by atoms with van der Waals surface area (Å²) in [6.45, 7) is 0. The third-order valence-corrected chi connectivity index (χ3v) is 3.80. The molecular formula is C17H15BrN4O5. The second-order valence-corrected chi connectivity index (χ2v) is 6.27. The molecule has 0 spiro atoms. The van der Waals surface area contributed by atoms with Crippen molar-refractivity contribution in [2.24, 2.45) is 5.10 Å². The van der Waals surface area contributed by atoms with Gasteiger partial charge < -0.3 is 10.4 Å². The normalized spacial score (nSPS) is 10.6. The van der Waals surface area contributed by atoms with E-state index >= 15 is 0 Å². The fourth-order valence-corrected chi connectivity index (χ4v) is 2.40. The molecule has 0 radical (unpaired) electrons. The average Bonchev–Trinajstić information content (AvgIpc) is 2.61. The van der Waals surface area contributed by atoms with Crippen LogP contribution in [0.5, 0.6) is 5.75 Å². The number of benzene rings is 2. The Bertz CT molecular complexity index is 901. The number of hydrogen-bond donors (Lipinski definition) is 3. The van der Waals surface area contributed by atoms with Crippen molar-refractivity contribution in [1.82, 2.24) is 5.43 Å². The van der Waals surface area contributed by atoms with Crippen LogP contribution in [0.25, 0.3) is 0 Å². The van der Waals surface area contributed by atoms with E-state index in [1.807, 2.05) is 6.07 Å². The number of nitrogens with zero attached hydrogens (tertiary/aromatic N) is 2. The highest BCUT2D eigenvalue weighted by molar-refractivity contribution is 9.10. The quantitative estimate of drug-likeness (QED) is 0.349. The van der Waals surface area contributed by atoms with Crippen LogP contribution in [0.3, 0.4) is 0 Å². The molecule has 9 nitrogen and oxygen atoms in total. The number of phenolic OH excluding ortho intramolecular Hbond substituents is 1. The Morgan fingerprint density at radius 1 is 1.19 bits per heavy atom. The lowest BCUT2D eigenvalue weighted by Crippen LogP contribution is -2.20. The zero-order chi connectivity index (χ0) is 19.8. The van der Waals surface area contributed by atoms with Crippen LogP contribution in [0.4, 0.5) is 11.4 Å². The molecule has 0 heterocycles. The second kappa shape index (κ2) is 9.43. The topological polar surface area (TPSA) is 134 Å². The maximum absolute atomic E-state index is 11.8. The van der Waals surface area contributed by atoms with Gasteiger partial charge in [-0.1, -0.05) is 22.0 Å². The molecule has 0 atom stereocenters. The fraction of sp³-hybridized carbons (Fsp3) is 0.118. The van der Waals surface area contributed by atoms with Crippen molar-refractivity contribution >= 4 is 45.3 Å². The van der Waals surface area contributed by atoms with Gasteiger partial charge in [-0.15, -0.1) is 0 Å². The molecule has 0 bridgehead atoms. The fourth-order valence-electron chi connectivity index (χ4n) is 2.01. The summed E-state index contributed by atoms with van der Waals surface area (Å²) in [4.78, 5) is 33.7. The first kappa shape index (κ1) is 20.0. The molecule has 3 N–H and O–H groups in total. The minimum atomic E-state index is -0.612. The van der Waals surface area contributed by atoms with Crippen molar-refractivity contribution in [3.8, 4) is 5.75 Å². The molecule has 0 aliphatic rings. The number of carbonyl (C=O) groups is 2. The number of non-ortho nitro benzene ring substituents is 1. The smallest absolute Gasteiger partial charge is 0.270 e. The molecule has 140 valence electrons. The van der Waals surface area contributed by atoms with E-state index in [1.54, 1.807) is 18.2 Å². The minimum Gasteiger partial charge on any atom is -0.507 e. The molecule has 10 heteroatoms. The Labute approximate surface area is 162 Å². The van der Waals surface area contributed by atoms with E-state index < -0.39 is 10.8 Å². The van der Waals surface area contributed by atoms with Gasteiger partial charge in [-0.25, -0.2) is 5.43 Å². The van der Waals surface area contributed by atoms with E-state index in [0.717, 1.165) is 28.9 Å². The molecule has 2 aromatic rings. The van der Waals surface area contributed by atoms with Gasteiger partial charge in [0.25, 0.3) is 5.69 Å². The zero-order valence-corrected chi connectivity index (χ0v) is 15.5. The number of nitro groups is 1. The largest absolute Gasteiger partial charge is 0.507 e. The molecule has 0 fully saturated rings. The van der Waals surface area contributed by atoms with Crippen molar-refractivity contribution in [3.63, 3.8) is 0 Å². The summed E-state index contributed by atoms with van der Waals surface area (Å²) in [6.07, 6.45) is 0.940. The lowest BCUT2D eigenvalue weighted by Gasteiger charge is -2.05. The first-order valence-electron chi connectivity index (χ1n) is 7.70. The number of amides is 2. The monoisotopic (exact) mass is 434 g/mol. The molecule has 27 heavy (non-hydrogen) atoms. The van der Waals surface area contributed by atoms with Gasteiger partial charge in [-0.2, -0.15) is 5.10 Å². The number of nitro benzene ring substituents is 1. The van der Waals surface area contributed by atoms with E-state index in [0.29, 0.717) is 5.69 Å². The number of halogens is 1. The van der Waals surface area contributed by atoms with Crippen LogP contribution in [-0.4, -0.2) is 28.1 Å². The van der Waals surface area contributed by atoms with Gasteiger partial charge in [-0.05, 0) is 24.3 Å². The summed E-state index contributed by atoms with van der Waals surface area (Å²) in [7, 11) is 0. The molecule has 0 unspecified atom stereocenters. The maximum Gasteiger partial charge on any atom is 0.270 e. The summed E-state index contributed by atoms with van der Waals surface area (Å²) < 4.78 is 0.816. The Balaban J connectivity index is 1.82. The molecule has 0 aliphatic heterocycles. The second-order valence-electron chi connectivity index (χ2n) is 5.35. The van der Waals surface area contributed by atoms with Crippen LogP contribution >= 0.6 is 15.9 Å². The maximum atomic E-state index is 11.8. The lowest BCUT2D eigenvalue weighted by atomic mass is 10.2. The van der Waals surface area contributed by atoms with Gasteiger partial charge in [0.05, 0.1) is 11.1 Å². The Morgan fingerprint density at radius 3 is 2.63 bits per heavy atom. The summed E-state index contributed by atoms with van der Waals surface area (Å²) in [5.41, 5.74) is 2.67. The van der Waals surface area contributed by atoms with Crippen LogP contribution in [0, 0.1) is 10.1 Å². The molecule has 0 saturated carbocycles. The number of phenols is 1. The lowest BCUT2D eigenvalue weighted by molar-refractivity contribution is -0.384. The number of aromatic hydroxyl groups is 1. The van der Waals surface area contributed by atoms with Crippen LogP contribution in [-0.2, 0) is 9.59 Å². The Hall–Kier alpha value is -3.27. The average molecular weight is 435 g/mol. The van der Waals surface area contributed by atoms with Gasteiger partial charge in [-0.3, -0.25) is 19.7 Å². The molecule has 2 rings (SSSR count). The van der Waals surface area contributed by atoms with Crippen LogP contribution in [0.2, 0.25) is 0 Å². The van der Waals surface area contributed by atoms with Crippen LogP contribution < -0.4 is 10.7 Å². The van der Waals surface area contributed by atoms with Crippen LogP contribution in [0.1, 0.15) is 18.4 Å². The molecule has 0 aliphatic carbocycles. The van der Waals surface area contributed by atoms with Gasteiger partial charge >= 0.3 is 0 Å². The van der Waals surface area contributed by atoms with Gasteiger partial charge in [0.1, 0.15) is 5.75 Å². The number of nitrogens with one attached hydrogen (secondary N) is 2. The molecule has 0 saturated heterocycles. The van der Waals surface area contributed by atoms with E-state index in [1.165, 1.54) is 0 Å². The standard InChI is InChI=1S/C17H15BrN4O5/c18-12-2-1-3-13(9-12)20-16(24)6-7-17(25)21-19-10-11-8-14(22(26)27)4-5-15(11)23/h1-5,8-10,23H,6-7H2,(H,20,24)(H,21,25)/b19-10+. The SMILES string of the molecule is O=C(CCC(=O)Nc1cccc(Br)c1)N/N=C/c1cc([N+](=O)[O-])ccc1O. The number of rotatable bonds is 7. The van der Waals surface area contributed by atoms with Crippen molar-refractivity contribution in [1.29, 1.82) is 0 Å². The summed E-state index contributed by atoms with van der Waals surface area (Å²) >= 11 is 3.29. The van der Waals surface area contributed by atoms with E-state index in [4.69, 9.17) is 0 Å². The number of carbonyl (C=O) groups excluding carboxylic acids is 2.